The topological polar surface area (TPSA) is 75.5 Å². The molecule has 12 heteroatoms. The lowest BCUT2D eigenvalue weighted by molar-refractivity contribution is -0.0891. The first kappa shape index (κ1) is 25.8. The lowest BCUT2D eigenvalue weighted by atomic mass is 9.74. The summed E-state index contributed by atoms with van der Waals surface area (Å²) in [6.07, 6.45) is 2.28. The highest BCUT2D eigenvalue weighted by atomic mass is 32.2. The average Bonchev–Trinajstić information content (AvgIpc) is 3.26. The van der Waals surface area contributed by atoms with Gasteiger partial charge in [0.15, 0.2) is 10.8 Å². The molecule has 1 saturated heterocycles. The maximum atomic E-state index is 14.1. The van der Waals surface area contributed by atoms with Crippen LogP contribution in [0.3, 0.4) is 0 Å². The van der Waals surface area contributed by atoms with Crippen molar-refractivity contribution >= 4 is 15.8 Å². The van der Waals surface area contributed by atoms with Crippen LogP contribution < -0.4 is 0 Å². The van der Waals surface area contributed by atoms with Crippen molar-refractivity contribution in [1.29, 1.82) is 0 Å². The summed E-state index contributed by atoms with van der Waals surface area (Å²) in [7, 11) is -2.12. The van der Waals surface area contributed by atoms with Crippen LogP contribution in [-0.2, 0) is 17.1 Å². The third-order valence-electron chi connectivity index (χ3n) is 7.17. The van der Waals surface area contributed by atoms with Crippen LogP contribution in [0.1, 0.15) is 48.9 Å². The smallest absolute Gasteiger partial charge is 0.262 e. The first-order valence-corrected chi connectivity index (χ1v) is 13.0. The van der Waals surface area contributed by atoms with Crippen LogP contribution in [0.4, 0.5) is 17.6 Å². The number of imidazole rings is 1. The van der Waals surface area contributed by atoms with Crippen LogP contribution in [0.25, 0.3) is 0 Å². The Hall–Kier alpha value is -2.31. The third kappa shape index (κ3) is 5.29. The summed E-state index contributed by atoms with van der Waals surface area (Å²) in [5.41, 5.74) is -1.39. The monoisotopic (exact) mass is 516 g/mol. The van der Waals surface area contributed by atoms with Gasteiger partial charge in [0.1, 0.15) is 11.6 Å². The molecule has 2 aliphatic rings. The SMILES string of the molecule is Cn1cnc(S(=O)(=O)N2CCN(C3(CCC(=O)c4c(F)cccc4F)CCC(F)(F)CC3)CC2)c1. The van der Waals surface area contributed by atoms with Crippen molar-refractivity contribution < 1.29 is 30.8 Å². The van der Waals surface area contributed by atoms with E-state index in [9.17, 15) is 30.8 Å². The Morgan fingerprint density at radius 3 is 2.17 bits per heavy atom. The van der Waals surface area contributed by atoms with Crippen molar-refractivity contribution in [2.75, 3.05) is 26.2 Å². The van der Waals surface area contributed by atoms with Gasteiger partial charge in [0, 0.05) is 64.2 Å². The number of hydrogen-bond acceptors (Lipinski definition) is 5. The zero-order valence-electron chi connectivity index (χ0n) is 19.4. The molecule has 0 unspecified atom stereocenters. The van der Waals surface area contributed by atoms with E-state index in [0.717, 1.165) is 12.1 Å². The normalized spacial score (nSPS) is 21.2. The highest BCUT2D eigenvalue weighted by Crippen LogP contribution is 2.44. The van der Waals surface area contributed by atoms with Gasteiger partial charge in [-0.25, -0.2) is 31.0 Å². The molecule has 1 aromatic carbocycles. The van der Waals surface area contributed by atoms with E-state index in [1.807, 2.05) is 4.90 Å². The number of carbonyl (C=O) groups excluding carboxylic acids is 1. The predicted octanol–water partition coefficient (Wildman–Crippen LogP) is 3.62. The minimum atomic E-state index is -3.79. The summed E-state index contributed by atoms with van der Waals surface area (Å²) >= 11 is 0. The minimum absolute atomic E-state index is 0.0574. The molecule has 0 radical (unpaired) electrons. The van der Waals surface area contributed by atoms with Gasteiger partial charge in [0.05, 0.1) is 11.9 Å². The van der Waals surface area contributed by atoms with Gasteiger partial charge in [-0.2, -0.15) is 4.31 Å². The van der Waals surface area contributed by atoms with Crippen LogP contribution in [-0.4, -0.2) is 70.6 Å². The molecule has 1 aliphatic carbocycles. The molecule has 4 rings (SSSR count). The molecule has 7 nitrogen and oxygen atoms in total. The van der Waals surface area contributed by atoms with Crippen LogP contribution >= 0.6 is 0 Å². The average molecular weight is 517 g/mol. The Morgan fingerprint density at radius 1 is 1.03 bits per heavy atom. The standard InChI is InChI=1S/C23H28F4N4O3S/c1-29-15-20(28-16-29)35(33,34)31-13-11-30(12-14-31)22(7-9-23(26,27)10-8-22)6-5-19(32)21-17(24)3-2-4-18(21)25/h2-4,15-16H,5-14H2,1H3. The van der Waals surface area contributed by atoms with E-state index >= 15 is 0 Å². The molecule has 0 amide bonds. The van der Waals surface area contributed by atoms with Crippen molar-refractivity contribution in [3.63, 3.8) is 0 Å². The van der Waals surface area contributed by atoms with Crippen molar-refractivity contribution in [3.8, 4) is 0 Å². The van der Waals surface area contributed by atoms with E-state index in [0.29, 0.717) is 13.1 Å². The summed E-state index contributed by atoms with van der Waals surface area (Å²) in [6, 6.07) is 3.19. The van der Waals surface area contributed by atoms with Crippen molar-refractivity contribution in [2.45, 2.75) is 55.0 Å². The second kappa shape index (κ2) is 9.62. The second-order valence-corrected chi connectivity index (χ2v) is 11.3. The molecule has 0 bridgehead atoms. The molecule has 2 fully saturated rings. The van der Waals surface area contributed by atoms with Crippen molar-refractivity contribution in [3.05, 3.63) is 47.9 Å². The molecule has 2 aromatic rings. The van der Waals surface area contributed by atoms with Gasteiger partial charge in [-0.05, 0) is 31.4 Å². The summed E-state index contributed by atoms with van der Waals surface area (Å²) in [4.78, 5) is 18.6. The molecular formula is C23H28F4N4O3S. The number of alkyl halides is 2. The Kier molecular flexibility index (Phi) is 7.09. The number of piperazine rings is 1. The molecule has 192 valence electrons. The number of ketones is 1. The zero-order chi connectivity index (χ0) is 25.4. The number of rotatable bonds is 7. The number of hydrogen-bond donors (Lipinski definition) is 0. The van der Waals surface area contributed by atoms with E-state index in [1.54, 1.807) is 7.05 Å². The van der Waals surface area contributed by atoms with Crippen molar-refractivity contribution in [2.24, 2.45) is 7.05 Å². The quantitative estimate of drug-likeness (QED) is 0.415. The Bertz CT molecular complexity index is 1160. The van der Waals surface area contributed by atoms with E-state index in [-0.39, 0.29) is 56.6 Å². The third-order valence-corrected chi connectivity index (χ3v) is 8.95. The largest absolute Gasteiger partial charge is 0.339 e. The molecule has 1 saturated carbocycles. The first-order chi connectivity index (χ1) is 16.4. The zero-order valence-corrected chi connectivity index (χ0v) is 20.2. The number of nitrogens with zero attached hydrogens (tertiary/aromatic N) is 4. The van der Waals surface area contributed by atoms with Gasteiger partial charge < -0.3 is 4.57 Å². The molecule has 0 atom stereocenters. The fourth-order valence-corrected chi connectivity index (χ4v) is 6.49. The summed E-state index contributed by atoms with van der Waals surface area (Å²) in [5, 5.41) is -0.0574. The Morgan fingerprint density at radius 2 is 1.63 bits per heavy atom. The first-order valence-electron chi connectivity index (χ1n) is 11.5. The lowest BCUT2D eigenvalue weighted by Crippen LogP contribution is -2.59. The summed E-state index contributed by atoms with van der Waals surface area (Å²) < 4.78 is 84.8. The fourth-order valence-electron chi connectivity index (χ4n) is 5.10. The highest BCUT2D eigenvalue weighted by molar-refractivity contribution is 7.89. The molecular weight excluding hydrogens is 488 g/mol. The van der Waals surface area contributed by atoms with E-state index in [4.69, 9.17) is 0 Å². The van der Waals surface area contributed by atoms with Gasteiger partial charge in [-0.1, -0.05) is 6.07 Å². The van der Waals surface area contributed by atoms with Gasteiger partial charge in [0.2, 0.25) is 5.92 Å². The number of aryl methyl sites for hydroxylation is 1. The second-order valence-electron chi connectivity index (χ2n) is 9.37. The summed E-state index contributed by atoms with van der Waals surface area (Å²) in [5.74, 6) is -5.43. The van der Waals surface area contributed by atoms with Crippen LogP contribution in [0.2, 0.25) is 0 Å². The van der Waals surface area contributed by atoms with Gasteiger partial charge in [0.25, 0.3) is 10.0 Å². The maximum absolute atomic E-state index is 14.1. The van der Waals surface area contributed by atoms with E-state index in [2.05, 4.69) is 4.98 Å². The Labute approximate surface area is 201 Å². The molecule has 0 N–H and O–H groups in total. The molecule has 1 aliphatic heterocycles. The number of halogens is 4. The maximum Gasteiger partial charge on any atom is 0.262 e. The lowest BCUT2D eigenvalue weighted by Gasteiger charge is -2.50. The van der Waals surface area contributed by atoms with Crippen LogP contribution in [0.5, 0.6) is 0 Å². The van der Waals surface area contributed by atoms with E-state index < -0.39 is 44.5 Å². The highest BCUT2D eigenvalue weighted by Gasteiger charge is 2.47. The van der Waals surface area contributed by atoms with Crippen LogP contribution in [0.15, 0.2) is 35.7 Å². The van der Waals surface area contributed by atoms with Gasteiger partial charge in [-0.3, -0.25) is 9.69 Å². The fraction of sp³-hybridized carbons (Fsp3) is 0.565. The number of sulfonamides is 1. The van der Waals surface area contributed by atoms with Crippen molar-refractivity contribution in [1.82, 2.24) is 18.8 Å². The predicted molar refractivity (Wildman–Crippen MR) is 120 cm³/mol. The number of Topliss-reactive ketones (excluding diaryl/α,β-unsaturated/α-hetero) is 1. The number of carbonyl (C=O) groups is 1. The number of aromatic nitrogens is 2. The molecule has 35 heavy (non-hydrogen) atoms. The van der Waals surface area contributed by atoms with Crippen LogP contribution in [0, 0.1) is 11.6 Å². The summed E-state index contributed by atoms with van der Waals surface area (Å²) in [6.45, 7) is 0.875. The van der Waals surface area contributed by atoms with Gasteiger partial charge in [-0.15, -0.1) is 0 Å². The molecule has 2 heterocycles. The minimum Gasteiger partial charge on any atom is -0.339 e. The Balaban J connectivity index is 1.49. The molecule has 0 spiro atoms. The van der Waals surface area contributed by atoms with Gasteiger partial charge >= 0.3 is 0 Å². The van der Waals surface area contributed by atoms with E-state index in [1.165, 1.54) is 27.5 Å². The number of benzene rings is 1. The molecule has 1 aromatic heterocycles.